The minimum absolute atomic E-state index is 0.0297. The average molecular weight is 270 g/mol. The number of hydrogen-bond donors (Lipinski definition) is 0. The molecule has 2 heteroatoms. The number of Topliss-reactive ketones (excluding diaryl/α,β-unsaturated/α-hetero) is 2. The molecule has 0 N–H and O–H groups in total. The lowest BCUT2D eigenvalue weighted by molar-refractivity contribution is -0.139. The molecule has 1 atom stereocenters. The summed E-state index contributed by atoms with van der Waals surface area (Å²) in [5.74, 6) is 0.169. The Bertz CT molecular complexity index is 501. The number of hydrogen-bond acceptors (Lipinski definition) is 2. The molecule has 0 aromatic heterocycles. The van der Waals surface area contributed by atoms with E-state index in [-0.39, 0.29) is 11.6 Å². The summed E-state index contributed by atoms with van der Waals surface area (Å²) < 4.78 is 0. The van der Waals surface area contributed by atoms with Crippen molar-refractivity contribution in [1.29, 1.82) is 0 Å². The van der Waals surface area contributed by atoms with Crippen LogP contribution in [-0.2, 0) is 9.59 Å². The second-order valence-corrected chi connectivity index (χ2v) is 5.64. The van der Waals surface area contributed by atoms with Gasteiger partial charge in [0.1, 0.15) is 11.6 Å². The molecule has 1 saturated carbocycles. The summed E-state index contributed by atoms with van der Waals surface area (Å²) in [6, 6.07) is 9.98. The van der Waals surface area contributed by atoms with Crippen molar-refractivity contribution in [1.82, 2.24) is 0 Å². The zero-order valence-corrected chi connectivity index (χ0v) is 12.1. The number of rotatable bonds is 4. The van der Waals surface area contributed by atoms with Gasteiger partial charge in [-0.25, -0.2) is 0 Å². The Morgan fingerprint density at radius 3 is 2.65 bits per heavy atom. The van der Waals surface area contributed by atoms with Gasteiger partial charge in [0.25, 0.3) is 0 Å². The zero-order valence-electron chi connectivity index (χ0n) is 12.1. The van der Waals surface area contributed by atoms with Gasteiger partial charge in [-0.3, -0.25) is 9.59 Å². The lowest BCUT2D eigenvalue weighted by Gasteiger charge is -2.27. The monoisotopic (exact) mass is 270 g/mol. The van der Waals surface area contributed by atoms with Crippen LogP contribution in [0.4, 0.5) is 0 Å². The summed E-state index contributed by atoms with van der Waals surface area (Å²) in [7, 11) is 0. The van der Waals surface area contributed by atoms with Gasteiger partial charge in [0.15, 0.2) is 0 Å². The molecule has 0 bridgehead atoms. The fourth-order valence-electron chi connectivity index (χ4n) is 2.96. The molecule has 0 heterocycles. The first kappa shape index (κ1) is 14.7. The first-order valence-corrected chi connectivity index (χ1v) is 7.41. The van der Waals surface area contributed by atoms with E-state index in [1.54, 1.807) is 6.92 Å². The van der Waals surface area contributed by atoms with Crippen LogP contribution in [0, 0.1) is 5.41 Å². The van der Waals surface area contributed by atoms with E-state index < -0.39 is 5.41 Å². The average Bonchev–Trinajstić information content (AvgIpc) is 2.63. The van der Waals surface area contributed by atoms with Gasteiger partial charge in [0.2, 0.25) is 0 Å². The molecule has 1 aromatic rings. The number of allylic oxidation sites excluding steroid dienone is 1. The maximum atomic E-state index is 12.4. The zero-order chi connectivity index (χ0) is 14.4. The Morgan fingerprint density at radius 2 is 1.95 bits per heavy atom. The molecule has 0 unspecified atom stereocenters. The van der Waals surface area contributed by atoms with Gasteiger partial charge in [0, 0.05) is 6.42 Å². The van der Waals surface area contributed by atoms with Crippen LogP contribution in [0.25, 0.3) is 6.08 Å². The molecule has 0 amide bonds. The summed E-state index contributed by atoms with van der Waals surface area (Å²) in [4.78, 5) is 24.4. The third-order valence-electron chi connectivity index (χ3n) is 4.29. The Labute approximate surface area is 120 Å². The van der Waals surface area contributed by atoms with Gasteiger partial charge in [-0.15, -0.1) is 0 Å². The fraction of sp³-hybridized carbons (Fsp3) is 0.444. The number of benzene rings is 1. The van der Waals surface area contributed by atoms with Gasteiger partial charge in [-0.05, 0) is 31.7 Å². The van der Waals surface area contributed by atoms with Crippen LogP contribution in [0.15, 0.2) is 36.4 Å². The van der Waals surface area contributed by atoms with Crippen molar-refractivity contribution in [3.63, 3.8) is 0 Å². The Kier molecular flexibility index (Phi) is 4.89. The van der Waals surface area contributed by atoms with E-state index in [1.165, 1.54) is 0 Å². The number of carbonyl (C=O) groups is 2. The second kappa shape index (κ2) is 6.65. The molecule has 1 aliphatic carbocycles. The summed E-state index contributed by atoms with van der Waals surface area (Å²) in [5, 5.41) is 0. The molecule has 1 fully saturated rings. The van der Waals surface area contributed by atoms with E-state index in [2.05, 4.69) is 0 Å². The molecule has 2 rings (SSSR count). The van der Waals surface area contributed by atoms with E-state index in [0.29, 0.717) is 19.3 Å². The first-order chi connectivity index (χ1) is 9.65. The number of carbonyl (C=O) groups excluding carboxylic acids is 2. The predicted molar refractivity (Wildman–Crippen MR) is 81.3 cm³/mol. The summed E-state index contributed by atoms with van der Waals surface area (Å²) in [6.07, 6.45) is 8.75. The van der Waals surface area contributed by atoms with Crippen LogP contribution in [0.2, 0.25) is 0 Å². The van der Waals surface area contributed by atoms with Gasteiger partial charge in [-0.1, -0.05) is 55.3 Å². The molecule has 1 aliphatic rings. The lowest BCUT2D eigenvalue weighted by Crippen LogP contribution is -2.36. The maximum absolute atomic E-state index is 12.4. The quantitative estimate of drug-likeness (QED) is 0.607. The topological polar surface area (TPSA) is 34.1 Å². The molecule has 106 valence electrons. The Balaban J connectivity index is 2.15. The molecule has 20 heavy (non-hydrogen) atoms. The van der Waals surface area contributed by atoms with Crippen LogP contribution in [0.1, 0.15) is 51.0 Å². The summed E-state index contributed by atoms with van der Waals surface area (Å²) in [5.41, 5.74) is 0.342. The lowest BCUT2D eigenvalue weighted by atomic mass is 9.73. The van der Waals surface area contributed by atoms with Crippen LogP contribution in [-0.4, -0.2) is 11.6 Å². The minimum Gasteiger partial charge on any atom is -0.299 e. The van der Waals surface area contributed by atoms with Crippen LogP contribution in [0.3, 0.4) is 0 Å². The maximum Gasteiger partial charge on any atom is 0.146 e. The standard InChI is InChI=1S/C18H22O2/c1-15(19)18(13-7-3-6-12-17(18)20)14-8-11-16-9-4-2-5-10-16/h2,4-5,8-11H,3,6-7,12-14H2,1H3/b11-8+/t18-/m0/s1. The van der Waals surface area contributed by atoms with E-state index in [9.17, 15) is 9.59 Å². The Morgan fingerprint density at radius 1 is 1.20 bits per heavy atom. The highest BCUT2D eigenvalue weighted by molar-refractivity contribution is 6.06. The Hall–Kier alpha value is -1.70. The largest absolute Gasteiger partial charge is 0.299 e. The van der Waals surface area contributed by atoms with Gasteiger partial charge < -0.3 is 0 Å². The van der Waals surface area contributed by atoms with E-state index in [4.69, 9.17) is 0 Å². The van der Waals surface area contributed by atoms with Crippen molar-refractivity contribution >= 4 is 17.6 Å². The molecule has 0 saturated heterocycles. The minimum atomic E-state index is -0.762. The van der Waals surface area contributed by atoms with Crippen LogP contribution < -0.4 is 0 Å². The highest BCUT2D eigenvalue weighted by atomic mass is 16.2. The smallest absolute Gasteiger partial charge is 0.146 e. The SMILES string of the molecule is CC(=O)[C@@]1(C/C=C/c2ccccc2)CCCCCC1=O. The van der Waals surface area contributed by atoms with Crippen LogP contribution >= 0.6 is 0 Å². The molecular weight excluding hydrogens is 248 g/mol. The van der Waals surface area contributed by atoms with Crippen LogP contribution in [0.5, 0.6) is 0 Å². The summed E-state index contributed by atoms with van der Waals surface area (Å²) in [6.45, 7) is 1.57. The third kappa shape index (κ3) is 3.24. The van der Waals surface area contributed by atoms with Crippen molar-refractivity contribution in [3.8, 4) is 0 Å². The normalized spacial score (nSPS) is 23.8. The molecule has 0 radical (unpaired) electrons. The van der Waals surface area contributed by atoms with E-state index in [1.807, 2.05) is 42.5 Å². The molecule has 0 spiro atoms. The predicted octanol–water partition coefficient (Wildman–Crippen LogP) is 4.20. The van der Waals surface area contributed by atoms with E-state index >= 15 is 0 Å². The van der Waals surface area contributed by atoms with Crippen molar-refractivity contribution < 1.29 is 9.59 Å². The fourth-order valence-corrected chi connectivity index (χ4v) is 2.96. The van der Waals surface area contributed by atoms with Crippen molar-refractivity contribution in [2.24, 2.45) is 5.41 Å². The van der Waals surface area contributed by atoms with Gasteiger partial charge >= 0.3 is 0 Å². The van der Waals surface area contributed by atoms with Gasteiger partial charge in [-0.2, -0.15) is 0 Å². The highest BCUT2D eigenvalue weighted by Gasteiger charge is 2.41. The molecule has 0 aliphatic heterocycles. The van der Waals surface area contributed by atoms with Crippen molar-refractivity contribution in [2.75, 3.05) is 0 Å². The molecular formula is C18H22O2. The van der Waals surface area contributed by atoms with Crippen molar-refractivity contribution in [3.05, 3.63) is 42.0 Å². The van der Waals surface area contributed by atoms with Crippen molar-refractivity contribution in [2.45, 2.75) is 45.4 Å². The second-order valence-electron chi connectivity index (χ2n) is 5.64. The molecule has 2 nitrogen and oxygen atoms in total. The van der Waals surface area contributed by atoms with E-state index in [0.717, 1.165) is 24.8 Å². The summed E-state index contributed by atoms with van der Waals surface area (Å²) >= 11 is 0. The number of ketones is 2. The highest BCUT2D eigenvalue weighted by Crippen LogP contribution is 2.36. The first-order valence-electron chi connectivity index (χ1n) is 7.41. The third-order valence-corrected chi connectivity index (χ3v) is 4.29. The molecule has 1 aromatic carbocycles. The van der Waals surface area contributed by atoms with Gasteiger partial charge in [0.05, 0.1) is 5.41 Å².